The topological polar surface area (TPSA) is 87.7 Å². The van der Waals surface area contributed by atoms with Crippen LogP contribution in [0.1, 0.15) is 86.3 Å². The number of nitrogens with one attached hydrogen (secondary N) is 2. The summed E-state index contributed by atoms with van der Waals surface area (Å²) < 4.78 is 5.38. The van der Waals surface area contributed by atoms with Crippen LogP contribution in [0.5, 0.6) is 0 Å². The number of hydrogen-bond donors (Lipinski definition) is 2. The molecular weight excluding hydrogens is 418 g/mol. The predicted molar refractivity (Wildman–Crippen MR) is 132 cm³/mol. The number of carbonyl (C=O) groups excluding carboxylic acids is 3. The van der Waals surface area contributed by atoms with E-state index in [1.54, 1.807) is 25.7 Å². The molecule has 0 heterocycles. The van der Waals surface area contributed by atoms with Gasteiger partial charge in [-0.3, -0.25) is 9.59 Å². The lowest BCUT2D eigenvalue weighted by Gasteiger charge is -2.38. The van der Waals surface area contributed by atoms with Gasteiger partial charge in [-0.15, -0.1) is 0 Å². The first-order valence-electron chi connectivity index (χ1n) is 12.0. The molecule has 3 amide bonds. The Bertz CT molecular complexity index is 757. The van der Waals surface area contributed by atoms with Crippen LogP contribution in [0.15, 0.2) is 30.3 Å². The molecule has 0 saturated carbocycles. The van der Waals surface area contributed by atoms with E-state index >= 15 is 0 Å². The number of rotatable bonds is 11. The third kappa shape index (κ3) is 9.44. The largest absolute Gasteiger partial charge is 0.444 e. The van der Waals surface area contributed by atoms with E-state index in [0.29, 0.717) is 6.54 Å². The van der Waals surface area contributed by atoms with Crippen LogP contribution in [0, 0.1) is 5.92 Å². The van der Waals surface area contributed by atoms with E-state index in [2.05, 4.69) is 17.6 Å². The van der Waals surface area contributed by atoms with Gasteiger partial charge in [-0.1, -0.05) is 63.9 Å². The van der Waals surface area contributed by atoms with Gasteiger partial charge in [-0.25, -0.2) is 4.79 Å². The van der Waals surface area contributed by atoms with Gasteiger partial charge in [0, 0.05) is 12.6 Å². The van der Waals surface area contributed by atoms with Crippen LogP contribution in [0.2, 0.25) is 0 Å². The van der Waals surface area contributed by atoms with Crippen molar-refractivity contribution in [3.8, 4) is 0 Å². The Balaban J connectivity index is 3.27. The van der Waals surface area contributed by atoms with E-state index in [-0.39, 0.29) is 23.8 Å². The Hall–Kier alpha value is -2.57. The van der Waals surface area contributed by atoms with Gasteiger partial charge in [-0.2, -0.15) is 0 Å². The summed E-state index contributed by atoms with van der Waals surface area (Å²) >= 11 is 0. The molecule has 1 aromatic rings. The zero-order valence-electron chi connectivity index (χ0n) is 21.6. The summed E-state index contributed by atoms with van der Waals surface area (Å²) in [6.07, 6.45) is 2.31. The molecule has 0 aromatic heterocycles. The Morgan fingerprint density at radius 1 is 1.00 bits per heavy atom. The van der Waals surface area contributed by atoms with E-state index in [0.717, 1.165) is 24.8 Å². The maximum atomic E-state index is 13.8. The van der Waals surface area contributed by atoms with E-state index in [1.165, 1.54) is 0 Å². The Morgan fingerprint density at radius 2 is 1.61 bits per heavy atom. The molecule has 1 aromatic carbocycles. The van der Waals surface area contributed by atoms with E-state index in [4.69, 9.17) is 4.74 Å². The minimum atomic E-state index is -0.832. The summed E-state index contributed by atoms with van der Waals surface area (Å²) in [6.45, 7) is 15.5. The molecular formula is C26H43N3O4. The SMILES string of the molecule is CCCCCNC(=O)C(c1ccccc1)N(C(=O)C(NC(=O)OC(C)(C)C)C(C)C)C(C)C. The Labute approximate surface area is 199 Å². The first kappa shape index (κ1) is 28.5. The lowest BCUT2D eigenvalue weighted by atomic mass is 9.97. The zero-order valence-corrected chi connectivity index (χ0v) is 21.6. The van der Waals surface area contributed by atoms with Gasteiger partial charge in [0.25, 0.3) is 0 Å². The molecule has 186 valence electrons. The minimum absolute atomic E-state index is 0.199. The zero-order chi connectivity index (χ0) is 25.2. The van der Waals surface area contributed by atoms with E-state index < -0.39 is 23.8 Å². The standard InChI is InChI=1S/C26H43N3O4/c1-9-10-14-17-27-23(30)22(20-15-12-11-13-16-20)29(19(4)5)24(31)21(18(2)3)28-25(32)33-26(6,7)8/h11-13,15-16,18-19,21-22H,9-10,14,17H2,1-8H3,(H,27,30)(H,28,32). The van der Waals surface area contributed by atoms with Crippen LogP contribution >= 0.6 is 0 Å². The number of alkyl carbamates (subject to hydrolysis) is 1. The highest BCUT2D eigenvalue weighted by Gasteiger charge is 2.38. The Kier molecular flexibility index (Phi) is 11.4. The van der Waals surface area contributed by atoms with Crippen molar-refractivity contribution >= 4 is 17.9 Å². The molecule has 0 aliphatic rings. The molecule has 0 fully saturated rings. The third-order valence-electron chi connectivity index (χ3n) is 5.14. The number of benzene rings is 1. The first-order chi connectivity index (χ1) is 15.4. The third-order valence-corrected chi connectivity index (χ3v) is 5.14. The van der Waals surface area contributed by atoms with Crippen LogP contribution in [-0.4, -0.2) is 47.0 Å². The molecule has 0 aliphatic carbocycles. The highest BCUT2D eigenvalue weighted by molar-refractivity contribution is 5.92. The van der Waals surface area contributed by atoms with Gasteiger partial charge in [0.1, 0.15) is 17.7 Å². The minimum Gasteiger partial charge on any atom is -0.444 e. The quantitative estimate of drug-likeness (QED) is 0.463. The number of amides is 3. The maximum absolute atomic E-state index is 13.8. The monoisotopic (exact) mass is 461 g/mol. The highest BCUT2D eigenvalue weighted by atomic mass is 16.6. The van der Waals surface area contributed by atoms with Crippen molar-refractivity contribution < 1.29 is 19.1 Å². The van der Waals surface area contributed by atoms with E-state index in [9.17, 15) is 14.4 Å². The molecule has 0 aliphatic heterocycles. The predicted octanol–water partition coefficient (Wildman–Crippen LogP) is 4.82. The van der Waals surface area contributed by atoms with Crippen LogP contribution in [-0.2, 0) is 14.3 Å². The Morgan fingerprint density at radius 3 is 2.09 bits per heavy atom. The van der Waals surface area contributed by atoms with Crippen molar-refractivity contribution in [2.45, 2.75) is 98.4 Å². The molecule has 0 bridgehead atoms. The van der Waals surface area contributed by atoms with Crippen LogP contribution in [0.3, 0.4) is 0 Å². The first-order valence-corrected chi connectivity index (χ1v) is 12.0. The van der Waals surface area contributed by atoms with Gasteiger partial charge >= 0.3 is 6.09 Å². The molecule has 2 atom stereocenters. The molecule has 0 saturated heterocycles. The second-order valence-electron chi connectivity index (χ2n) is 10.0. The van der Waals surface area contributed by atoms with Crippen molar-refractivity contribution in [2.75, 3.05) is 6.54 Å². The lowest BCUT2D eigenvalue weighted by molar-refractivity contribution is -0.145. The number of ether oxygens (including phenoxy) is 1. The van der Waals surface area contributed by atoms with Gasteiger partial charge in [0.05, 0.1) is 0 Å². The lowest BCUT2D eigenvalue weighted by Crippen LogP contribution is -2.56. The normalized spacial score (nSPS) is 13.4. The van der Waals surface area contributed by atoms with Crippen molar-refractivity contribution in [3.05, 3.63) is 35.9 Å². The molecule has 0 radical (unpaired) electrons. The molecule has 2 N–H and O–H groups in total. The number of unbranched alkanes of at least 4 members (excludes halogenated alkanes) is 2. The fraction of sp³-hybridized carbons (Fsp3) is 0.654. The van der Waals surface area contributed by atoms with Gasteiger partial charge in [0.2, 0.25) is 11.8 Å². The second-order valence-corrected chi connectivity index (χ2v) is 10.0. The van der Waals surface area contributed by atoms with Crippen molar-refractivity contribution in [1.82, 2.24) is 15.5 Å². The highest BCUT2D eigenvalue weighted by Crippen LogP contribution is 2.26. The summed E-state index contributed by atoms with van der Waals surface area (Å²) in [5.41, 5.74) is 0.0458. The number of carbonyl (C=O) groups is 3. The fourth-order valence-corrected chi connectivity index (χ4v) is 3.55. The van der Waals surface area contributed by atoms with Crippen LogP contribution < -0.4 is 10.6 Å². The average molecular weight is 462 g/mol. The summed E-state index contributed by atoms with van der Waals surface area (Å²) in [6, 6.07) is 7.38. The molecule has 2 unspecified atom stereocenters. The molecule has 33 heavy (non-hydrogen) atoms. The summed E-state index contributed by atoms with van der Waals surface area (Å²) in [4.78, 5) is 41.2. The smallest absolute Gasteiger partial charge is 0.408 e. The molecule has 0 spiro atoms. The molecule has 7 heteroatoms. The molecule has 1 rings (SSSR count). The summed E-state index contributed by atoms with van der Waals surface area (Å²) in [5, 5.41) is 5.73. The van der Waals surface area contributed by atoms with Crippen LogP contribution in [0.25, 0.3) is 0 Å². The molecule has 7 nitrogen and oxygen atoms in total. The van der Waals surface area contributed by atoms with Gasteiger partial charge in [-0.05, 0) is 52.5 Å². The summed E-state index contributed by atoms with van der Waals surface area (Å²) in [7, 11) is 0. The van der Waals surface area contributed by atoms with Crippen molar-refractivity contribution in [2.24, 2.45) is 5.92 Å². The number of nitrogens with zero attached hydrogens (tertiary/aromatic N) is 1. The fourth-order valence-electron chi connectivity index (χ4n) is 3.55. The van der Waals surface area contributed by atoms with Gasteiger partial charge in [0.15, 0.2) is 0 Å². The maximum Gasteiger partial charge on any atom is 0.408 e. The average Bonchev–Trinajstić information content (AvgIpc) is 2.71. The van der Waals surface area contributed by atoms with Crippen molar-refractivity contribution in [3.63, 3.8) is 0 Å². The van der Waals surface area contributed by atoms with Crippen LogP contribution in [0.4, 0.5) is 4.79 Å². The number of hydrogen-bond acceptors (Lipinski definition) is 4. The van der Waals surface area contributed by atoms with Crippen molar-refractivity contribution in [1.29, 1.82) is 0 Å². The van der Waals surface area contributed by atoms with Gasteiger partial charge < -0.3 is 20.3 Å². The second kappa shape index (κ2) is 13.2. The van der Waals surface area contributed by atoms with E-state index in [1.807, 2.05) is 58.0 Å². The summed E-state index contributed by atoms with van der Waals surface area (Å²) in [5.74, 6) is -0.738.